The van der Waals surface area contributed by atoms with Gasteiger partial charge < -0.3 is 18.6 Å². The zero-order chi connectivity index (χ0) is 24.4. The van der Waals surface area contributed by atoms with Crippen LogP contribution in [0.2, 0.25) is 0 Å². The summed E-state index contributed by atoms with van der Waals surface area (Å²) in [6.07, 6.45) is 0. The fraction of sp³-hybridized carbons (Fsp3) is 0.192. The van der Waals surface area contributed by atoms with Crippen LogP contribution < -0.4 is 4.74 Å². The molecule has 0 aliphatic carbocycles. The molecule has 35 heavy (non-hydrogen) atoms. The number of hydrogen-bond donors (Lipinski definition) is 0. The molecule has 1 amide bonds. The van der Waals surface area contributed by atoms with Crippen molar-refractivity contribution in [2.75, 3.05) is 13.7 Å². The Bertz CT molecular complexity index is 1480. The van der Waals surface area contributed by atoms with Crippen LogP contribution in [-0.2, 0) is 6.54 Å². The first-order valence-electron chi connectivity index (χ1n) is 11.2. The van der Waals surface area contributed by atoms with Crippen LogP contribution in [0.25, 0.3) is 33.8 Å². The van der Waals surface area contributed by atoms with Crippen molar-refractivity contribution >= 4 is 17.0 Å². The number of nitrogens with zero attached hydrogens (tertiary/aromatic N) is 5. The molecule has 5 aromatic rings. The molecular weight excluding hydrogens is 446 g/mol. The smallest absolute Gasteiger partial charge is 0.259 e. The molecule has 176 valence electrons. The van der Waals surface area contributed by atoms with E-state index in [-0.39, 0.29) is 12.5 Å². The number of aromatic nitrogens is 4. The lowest BCUT2D eigenvalue weighted by Gasteiger charge is -2.19. The highest BCUT2D eigenvalue weighted by atomic mass is 16.5. The molecule has 0 saturated carbocycles. The van der Waals surface area contributed by atoms with Crippen LogP contribution in [0.1, 0.15) is 28.9 Å². The van der Waals surface area contributed by atoms with Crippen molar-refractivity contribution in [2.24, 2.45) is 0 Å². The highest BCUT2D eigenvalue weighted by Gasteiger charge is 2.24. The van der Waals surface area contributed by atoms with Gasteiger partial charge in [-0.1, -0.05) is 23.4 Å². The predicted molar refractivity (Wildman–Crippen MR) is 129 cm³/mol. The lowest BCUT2D eigenvalue weighted by molar-refractivity contribution is 0.0740. The number of aryl methyl sites for hydroxylation is 1. The molecule has 9 heteroatoms. The van der Waals surface area contributed by atoms with Gasteiger partial charge in [0.05, 0.1) is 36.0 Å². The fourth-order valence-corrected chi connectivity index (χ4v) is 3.85. The Hall–Kier alpha value is -4.53. The summed E-state index contributed by atoms with van der Waals surface area (Å²) >= 11 is 0. The molecule has 0 bridgehead atoms. The number of carbonyl (C=O) groups is 1. The second-order valence-electron chi connectivity index (χ2n) is 7.92. The first-order chi connectivity index (χ1) is 17.1. The summed E-state index contributed by atoms with van der Waals surface area (Å²) in [5.41, 5.74) is 3.59. The Balaban J connectivity index is 1.48. The van der Waals surface area contributed by atoms with E-state index in [0.29, 0.717) is 46.4 Å². The Morgan fingerprint density at radius 1 is 1.03 bits per heavy atom. The molecule has 0 aliphatic rings. The number of benzene rings is 2. The lowest BCUT2D eigenvalue weighted by atomic mass is 10.0. The summed E-state index contributed by atoms with van der Waals surface area (Å²) in [4.78, 5) is 20.0. The van der Waals surface area contributed by atoms with E-state index in [2.05, 4.69) is 20.3 Å². The number of hydrogen-bond acceptors (Lipinski definition) is 8. The fourth-order valence-electron chi connectivity index (χ4n) is 3.85. The van der Waals surface area contributed by atoms with Gasteiger partial charge in [0, 0.05) is 17.7 Å². The molecule has 2 aromatic carbocycles. The minimum Gasteiger partial charge on any atom is -0.497 e. The van der Waals surface area contributed by atoms with Gasteiger partial charge >= 0.3 is 0 Å². The maximum Gasteiger partial charge on any atom is 0.259 e. The summed E-state index contributed by atoms with van der Waals surface area (Å²) in [5.74, 6) is 1.28. The molecule has 0 fully saturated rings. The van der Waals surface area contributed by atoms with E-state index in [1.165, 1.54) is 0 Å². The summed E-state index contributed by atoms with van der Waals surface area (Å²) in [6, 6.07) is 18.7. The van der Waals surface area contributed by atoms with Crippen LogP contribution >= 0.6 is 0 Å². The molecule has 0 aliphatic heterocycles. The van der Waals surface area contributed by atoms with Crippen LogP contribution in [0.4, 0.5) is 0 Å². The Labute approximate surface area is 201 Å². The van der Waals surface area contributed by atoms with Gasteiger partial charge in [0.2, 0.25) is 11.8 Å². The number of ether oxygens (including phenoxy) is 1. The SMILES string of the molecule is CCN(Cc1nnc(-c2ccccc2)o1)C(=O)c1cc(-c2ccc(OC)cc2)nc2onc(C)c12. The van der Waals surface area contributed by atoms with Gasteiger partial charge in [0.1, 0.15) is 5.75 Å². The summed E-state index contributed by atoms with van der Waals surface area (Å²) < 4.78 is 16.5. The molecule has 0 radical (unpaired) electrons. The largest absolute Gasteiger partial charge is 0.497 e. The number of methoxy groups -OCH3 is 1. The monoisotopic (exact) mass is 469 g/mol. The van der Waals surface area contributed by atoms with Crippen molar-refractivity contribution in [1.29, 1.82) is 0 Å². The maximum atomic E-state index is 13.7. The van der Waals surface area contributed by atoms with Crippen LogP contribution in [0.15, 0.2) is 69.6 Å². The minimum atomic E-state index is -0.208. The standard InChI is InChI=1S/C26H23N5O4/c1-4-31(15-22-28-29-24(34-22)18-8-6-5-7-9-18)26(32)20-14-21(17-10-12-19(33-3)13-11-17)27-25-23(20)16(2)30-35-25/h5-14H,4,15H2,1-3H3. The molecule has 0 N–H and O–H groups in total. The van der Waals surface area contributed by atoms with Gasteiger partial charge in [0.15, 0.2) is 0 Å². The molecule has 0 atom stereocenters. The van der Waals surface area contributed by atoms with Crippen molar-refractivity contribution < 1.29 is 18.5 Å². The Morgan fingerprint density at radius 3 is 2.51 bits per heavy atom. The maximum absolute atomic E-state index is 13.7. The van der Waals surface area contributed by atoms with Crippen molar-refractivity contribution in [3.05, 3.63) is 77.8 Å². The van der Waals surface area contributed by atoms with Crippen LogP contribution in [0.3, 0.4) is 0 Å². The van der Waals surface area contributed by atoms with E-state index in [0.717, 1.165) is 16.9 Å². The molecule has 0 spiro atoms. The van der Waals surface area contributed by atoms with Gasteiger partial charge in [-0.05, 0) is 56.3 Å². The second kappa shape index (κ2) is 9.38. The summed E-state index contributed by atoms with van der Waals surface area (Å²) in [6.45, 7) is 4.29. The average molecular weight is 470 g/mol. The topological polar surface area (TPSA) is 107 Å². The minimum absolute atomic E-state index is 0.168. The number of fused-ring (bicyclic) bond motifs is 1. The van der Waals surface area contributed by atoms with Gasteiger partial charge in [-0.15, -0.1) is 10.2 Å². The number of amides is 1. The first kappa shape index (κ1) is 22.3. The molecule has 0 saturated heterocycles. The zero-order valence-corrected chi connectivity index (χ0v) is 19.6. The molecular formula is C26H23N5O4. The molecule has 9 nitrogen and oxygen atoms in total. The molecule has 3 heterocycles. The van der Waals surface area contributed by atoms with E-state index in [4.69, 9.17) is 13.7 Å². The van der Waals surface area contributed by atoms with E-state index in [9.17, 15) is 4.79 Å². The van der Waals surface area contributed by atoms with E-state index in [1.807, 2.05) is 61.5 Å². The van der Waals surface area contributed by atoms with Crippen molar-refractivity contribution in [3.63, 3.8) is 0 Å². The summed E-state index contributed by atoms with van der Waals surface area (Å²) in [5, 5.41) is 12.9. The van der Waals surface area contributed by atoms with Gasteiger partial charge in [-0.2, -0.15) is 0 Å². The van der Waals surface area contributed by atoms with Gasteiger partial charge in [-0.25, -0.2) is 4.98 Å². The van der Waals surface area contributed by atoms with Crippen LogP contribution in [-0.4, -0.2) is 44.8 Å². The lowest BCUT2D eigenvalue weighted by Crippen LogP contribution is -2.30. The Morgan fingerprint density at radius 2 is 1.80 bits per heavy atom. The third kappa shape index (κ3) is 4.35. The van der Waals surface area contributed by atoms with E-state index in [1.54, 1.807) is 25.0 Å². The van der Waals surface area contributed by atoms with Gasteiger partial charge in [-0.3, -0.25) is 4.79 Å². The number of carbonyl (C=O) groups excluding carboxylic acids is 1. The number of rotatable bonds is 7. The van der Waals surface area contributed by atoms with Gasteiger partial charge in [0.25, 0.3) is 11.6 Å². The van der Waals surface area contributed by atoms with Crippen LogP contribution in [0, 0.1) is 6.92 Å². The highest BCUT2D eigenvalue weighted by Crippen LogP contribution is 2.29. The zero-order valence-electron chi connectivity index (χ0n) is 19.6. The molecule has 3 aromatic heterocycles. The third-order valence-electron chi connectivity index (χ3n) is 5.72. The van der Waals surface area contributed by atoms with E-state index >= 15 is 0 Å². The first-order valence-corrected chi connectivity index (χ1v) is 11.2. The van der Waals surface area contributed by atoms with E-state index < -0.39 is 0 Å². The average Bonchev–Trinajstić information content (AvgIpc) is 3.53. The summed E-state index contributed by atoms with van der Waals surface area (Å²) in [7, 11) is 1.61. The predicted octanol–water partition coefficient (Wildman–Crippen LogP) is 4.92. The molecule has 0 unspecified atom stereocenters. The Kier molecular flexibility index (Phi) is 5.97. The second-order valence-corrected chi connectivity index (χ2v) is 7.92. The highest BCUT2D eigenvalue weighted by molar-refractivity contribution is 6.07. The van der Waals surface area contributed by atoms with Crippen molar-refractivity contribution in [1.82, 2.24) is 25.2 Å². The normalized spacial score (nSPS) is 11.1. The van der Waals surface area contributed by atoms with Crippen molar-refractivity contribution in [2.45, 2.75) is 20.4 Å². The number of pyridine rings is 1. The quantitative estimate of drug-likeness (QED) is 0.331. The van der Waals surface area contributed by atoms with Crippen LogP contribution in [0.5, 0.6) is 5.75 Å². The van der Waals surface area contributed by atoms with Crippen molar-refractivity contribution in [3.8, 4) is 28.5 Å². The third-order valence-corrected chi connectivity index (χ3v) is 5.72. The molecule has 5 rings (SSSR count).